The van der Waals surface area contributed by atoms with Crippen LogP contribution in [0.4, 0.5) is 0 Å². The van der Waals surface area contributed by atoms with E-state index in [0.29, 0.717) is 6.42 Å². The van der Waals surface area contributed by atoms with Crippen molar-refractivity contribution in [2.75, 3.05) is 0 Å². The summed E-state index contributed by atoms with van der Waals surface area (Å²) in [6, 6.07) is 0. The van der Waals surface area contributed by atoms with Gasteiger partial charge in [-0.25, -0.2) is 0 Å². The lowest BCUT2D eigenvalue weighted by Gasteiger charge is -1.79. The van der Waals surface area contributed by atoms with Gasteiger partial charge in [0.05, 0.1) is 12.5 Å². The molecule has 0 amide bonds. The van der Waals surface area contributed by atoms with Crippen LogP contribution in [0.2, 0.25) is 0 Å². The van der Waals surface area contributed by atoms with Gasteiger partial charge in [0.2, 0.25) is 0 Å². The molecule has 0 aromatic heterocycles. The van der Waals surface area contributed by atoms with Gasteiger partial charge < -0.3 is 9.84 Å². The summed E-state index contributed by atoms with van der Waals surface area (Å²) in [5.41, 5.74) is 0. The number of hydrogen-bond donors (Lipinski definition) is 1. The topological polar surface area (TPSA) is 46.5 Å². The Labute approximate surface area is 67.0 Å². The molecule has 1 N–H and O–H groups in total. The van der Waals surface area contributed by atoms with Crippen molar-refractivity contribution >= 4 is 5.97 Å². The molecule has 0 unspecified atom stereocenters. The second kappa shape index (κ2) is 11.5. The van der Waals surface area contributed by atoms with Crippen molar-refractivity contribution in [3.8, 4) is 0 Å². The molecule has 0 aliphatic rings. The summed E-state index contributed by atoms with van der Waals surface area (Å²) in [4.78, 5) is 9.60. The second-order valence-electron chi connectivity index (χ2n) is 1.61. The summed E-state index contributed by atoms with van der Waals surface area (Å²) >= 11 is 0. The van der Waals surface area contributed by atoms with Crippen LogP contribution in [-0.2, 0) is 9.53 Å². The number of aliphatic carboxylic acids is 1. The van der Waals surface area contributed by atoms with Crippen LogP contribution in [0.1, 0.15) is 19.8 Å². The van der Waals surface area contributed by atoms with Crippen molar-refractivity contribution in [1.29, 1.82) is 0 Å². The number of hydrogen-bond acceptors (Lipinski definition) is 2. The van der Waals surface area contributed by atoms with Crippen LogP contribution < -0.4 is 0 Å². The SMILES string of the molecule is C=COC=C.CCCC(=O)O. The number of rotatable bonds is 4. The Balaban J connectivity index is 0. The third-order valence-electron chi connectivity index (χ3n) is 0.656. The first kappa shape index (κ1) is 12.4. The molecule has 0 aromatic rings. The molecule has 0 bridgehead atoms. The van der Waals surface area contributed by atoms with Crippen LogP contribution in [0.25, 0.3) is 0 Å². The predicted octanol–water partition coefficient (Wildman–Crippen LogP) is 2.16. The molecule has 0 fully saturated rings. The third kappa shape index (κ3) is 28.4. The first-order valence-corrected chi connectivity index (χ1v) is 3.28. The van der Waals surface area contributed by atoms with Crippen LogP contribution in [0.15, 0.2) is 25.7 Å². The van der Waals surface area contributed by atoms with E-state index in [0.717, 1.165) is 6.42 Å². The summed E-state index contributed by atoms with van der Waals surface area (Å²) < 4.78 is 4.36. The average Bonchev–Trinajstić information content (AvgIpc) is 1.90. The zero-order chi connectivity index (χ0) is 9.11. The van der Waals surface area contributed by atoms with Crippen molar-refractivity contribution in [2.24, 2.45) is 0 Å². The third-order valence-corrected chi connectivity index (χ3v) is 0.656. The molecule has 0 aliphatic heterocycles. The highest BCUT2D eigenvalue weighted by Crippen LogP contribution is 1.82. The van der Waals surface area contributed by atoms with Gasteiger partial charge in [-0.1, -0.05) is 20.1 Å². The molecule has 11 heavy (non-hydrogen) atoms. The normalized spacial score (nSPS) is 7.00. The zero-order valence-corrected chi connectivity index (χ0v) is 6.75. The van der Waals surface area contributed by atoms with Crippen molar-refractivity contribution < 1.29 is 14.6 Å². The van der Waals surface area contributed by atoms with Crippen LogP contribution in [0, 0.1) is 0 Å². The molecule has 0 aromatic carbocycles. The zero-order valence-electron chi connectivity index (χ0n) is 6.75. The summed E-state index contributed by atoms with van der Waals surface area (Å²) in [6.45, 7) is 8.36. The second-order valence-corrected chi connectivity index (χ2v) is 1.61. The largest absolute Gasteiger partial charge is 0.481 e. The minimum atomic E-state index is -0.711. The minimum absolute atomic E-state index is 0.292. The van der Waals surface area contributed by atoms with E-state index in [1.807, 2.05) is 6.92 Å². The van der Waals surface area contributed by atoms with Crippen molar-refractivity contribution in [3.05, 3.63) is 25.7 Å². The Morgan fingerprint density at radius 2 is 2.00 bits per heavy atom. The van der Waals surface area contributed by atoms with E-state index in [1.165, 1.54) is 12.5 Å². The maximum atomic E-state index is 9.60. The van der Waals surface area contributed by atoms with Crippen LogP contribution >= 0.6 is 0 Å². The van der Waals surface area contributed by atoms with E-state index < -0.39 is 5.97 Å². The van der Waals surface area contributed by atoms with Crippen molar-refractivity contribution in [1.82, 2.24) is 0 Å². The summed E-state index contributed by atoms with van der Waals surface area (Å²) in [7, 11) is 0. The smallest absolute Gasteiger partial charge is 0.303 e. The highest BCUT2D eigenvalue weighted by atomic mass is 16.5. The van der Waals surface area contributed by atoms with E-state index in [4.69, 9.17) is 5.11 Å². The van der Waals surface area contributed by atoms with Gasteiger partial charge in [0.15, 0.2) is 0 Å². The van der Waals surface area contributed by atoms with E-state index in [-0.39, 0.29) is 0 Å². The van der Waals surface area contributed by atoms with Gasteiger partial charge in [0.25, 0.3) is 0 Å². The Hall–Kier alpha value is -1.25. The van der Waals surface area contributed by atoms with E-state index in [2.05, 4.69) is 17.9 Å². The van der Waals surface area contributed by atoms with Crippen LogP contribution in [-0.4, -0.2) is 11.1 Å². The lowest BCUT2D eigenvalue weighted by atomic mass is 10.4. The molecule has 0 atom stereocenters. The fourth-order valence-electron chi connectivity index (χ4n) is 0.282. The summed E-state index contributed by atoms with van der Waals surface area (Å²) in [6.07, 6.45) is 3.65. The van der Waals surface area contributed by atoms with Crippen LogP contribution in [0.5, 0.6) is 0 Å². The van der Waals surface area contributed by atoms with E-state index in [1.54, 1.807) is 0 Å². The Morgan fingerprint density at radius 3 is 2.00 bits per heavy atom. The lowest BCUT2D eigenvalue weighted by molar-refractivity contribution is -0.137. The predicted molar refractivity (Wildman–Crippen MR) is 44.0 cm³/mol. The van der Waals surface area contributed by atoms with Gasteiger partial charge in [0, 0.05) is 6.42 Å². The Kier molecular flexibility index (Phi) is 13.0. The lowest BCUT2D eigenvalue weighted by Crippen LogP contribution is -1.90. The monoisotopic (exact) mass is 158 g/mol. The molecule has 3 heteroatoms. The fourth-order valence-corrected chi connectivity index (χ4v) is 0.282. The summed E-state index contributed by atoms with van der Waals surface area (Å²) in [5.74, 6) is -0.711. The van der Waals surface area contributed by atoms with E-state index >= 15 is 0 Å². The van der Waals surface area contributed by atoms with Gasteiger partial charge in [-0.05, 0) is 6.42 Å². The minimum Gasteiger partial charge on any atom is -0.481 e. The van der Waals surface area contributed by atoms with E-state index in [9.17, 15) is 4.79 Å². The first-order chi connectivity index (χ1) is 5.18. The molecule has 0 spiro atoms. The highest BCUT2D eigenvalue weighted by Gasteiger charge is 1.87. The first-order valence-electron chi connectivity index (χ1n) is 3.28. The molecule has 0 aliphatic carbocycles. The van der Waals surface area contributed by atoms with Gasteiger partial charge in [0.1, 0.15) is 0 Å². The molecule has 0 saturated carbocycles. The number of carboxylic acids is 1. The molecular weight excluding hydrogens is 144 g/mol. The standard InChI is InChI=1S/C4H8O2.C4H6O/c1-2-3-4(5)6;1-3-5-4-2/h2-3H2,1H3,(H,5,6);3-4H,1-2H2. The van der Waals surface area contributed by atoms with Crippen LogP contribution in [0.3, 0.4) is 0 Å². The van der Waals surface area contributed by atoms with Gasteiger partial charge in [-0.3, -0.25) is 4.79 Å². The highest BCUT2D eigenvalue weighted by molar-refractivity contribution is 5.66. The maximum absolute atomic E-state index is 9.60. The number of carboxylic acid groups (broad SMARTS) is 1. The fraction of sp³-hybridized carbons (Fsp3) is 0.375. The molecule has 0 heterocycles. The Bertz CT molecular complexity index is 113. The molecule has 0 saturated heterocycles. The quantitative estimate of drug-likeness (QED) is 0.638. The molecular formula is C8H14O3. The Morgan fingerprint density at radius 1 is 1.55 bits per heavy atom. The molecule has 64 valence electrons. The van der Waals surface area contributed by atoms with Gasteiger partial charge >= 0.3 is 5.97 Å². The molecule has 0 radical (unpaired) electrons. The summed E-state index contributed by atoms with van der Waals surface area (Å²) in [5, 5.41) is 7.91. The van der Waals surface area contributed by atoms with Gasteiger partial charge in [-0.15, -0.1) is 0 Å². The number of carbonyl (C=O) groups is 1. The van der Waals surface area contributed by atoms with Crippen molar-refractivity contribution in [3.63, 3.8) is 0 Å². The molecule has 3 nitrogen and oxygen atoms in total. The average molecular weight is 158 g/mol. The van der Waals surface area contributed by atoms with Gasteiger partial charge in [-0.2, -0.15) is 0 Å². The molecule has 0 rings (SSSR count). The maximum Gasteiger partial charge on any atom is 0.303 e. The van der Waals surface area contributed by atoms with Crippen molar-refractivity contribution in [2.45, 2.75) is 19.8 Å². The number of ether oxygens (including phenoxy) is 1.